The van der Waals surface area contributed by atoms with Crippen molar-refractivity contribution in [3.8, 4) is 11.5 Å². The maximum atomic E-state index is 12.8. The van der Waals surface area contributed by atoms with E-state index >= 15 is 0 Å². The third kappa shape index (κ3) is 6.24. The number of rotatable bonds is 9. The molecule has 0 heterocycles. The molecule has 34 heavy (non-hydrogen) atoms. The van der Waals surface area contributed by atoms with Crippen LogP contribution in [0.1, 0.15) is 18.1 Å². The Morgan fingerprint density at radius 3 is 2.21 bits per heavy atom. The van der Waals surface area contributed by atoms with E-state index in [9.17, 15) is 13.2 Å². The number of benzene rings is 3. The van der Waals surface area contributed by atoms with E-state index in [-0.39, 0.29) is 10.8 Å². The molecule has 3 aromatic carbocycles. The quantitative estimate of drug-likeness (QED) is 0.390. The van der Waals surface area contributed by atoms with E-state index in [1.807, 2.05) is 38.1 Å². The van der Waals surface area contributed by atoms with Crippen LogP contribution in [-0.4, -0.2) is 33.8 Å². The van der Waals surface area contributed by atoms with Crippen molar-refractivity contribution in [3.63, 3.8) is 0 Å². The summed E-state index contributed by atoms with van der Waals surface area (Å²) in [6.45, 7) is 5.60. The number of aryl methyl sites for hydroxylation is 2. The van der Waals surface area contributed by atoms with Crippen molar-refractivity contribution in [3.05, 3.63) is 71.8 Å². The first-order valence-corrected chi connectivity index (χ1v) is 12.9. The van der Waals surface area contributed by atoms with Crippen molar-refractivity contribution >= 4 is 39.1 Å². The lowest BCUT2D eigenvalue weighted by molar-refractivity contribution is -0.115. The second-order valence-corrected chi connectivity index (χ2v) is 10.8. The van der Waals surface area contributed by atoms with Crippen LogP contribution in [0.3, 0.4) is 0 Å². The highest BCUT2D eigenvalue weighted by molar-refractivity contribution is 8.00. The van der Waals surface area contributed by atoms with Crippen molar-refractivity contribution in [2.75, 3.05) is 24.3 Å². The summed E-state index contributed by atoms with van der Waals surface area (Å²) in [5.74, 6) is 1.00. The molecule has 2 N–H and O–H groups in total. The summed E-state index contributed by atoms with van der Waals surface area (Å²) in [6, 6.07) is 17.0. The standard InChI is InChI=1S/C25H28N2O5S2/c1-16-6-12-22(17(2)14-16)27-34(29,30)21-10-7-19(8-11-21)26-25(28)18(3)33-20-9-13-23(31-4)24(15-20)32-5/h6-15,18,27H,1-5H3,(H,26,28)/t18-/m1/s1. The molecule has 0 aliphatic carbocycles. The minimum absolute atomic E-state index is 0.109. The van der Waals surface area contributed by atoms with E-state index in [2.05, 4.69) is 10.0 Å². The van der Waals surface area contributed by atoms with Gasteiger partial charge in [0.05, 0.1) is 30.1 Å². The van der Waals surface area contributed by atoms with Crippen LogP contribution in [-0.2, 0) is 14.8 Å². The molecule has 0 aliphatic rings. The number of hydrogen-bond acceptors (Lipinski definition) is 6. The third-order valence-corrected chi connectivity index (χ3v) is 7.57. The fourth-order valence-electron chi connectivity index (χ4n) is 3.24. The van der Waals surface area contributed by atoms with Gasteiger partial charge in [-0.15, -0.1) is 11.8 Å². The summed E-state index contributed by atoms with van der Waals surface area (Å²) in [4.78, 5) is 13.6. The largest absolute Gasteiger partial charge is 0.493 e. The number of anilines is 2. The SMILES string of the molecule is COc1ccc(S[C@H](C)C(=O)Nc2ccc(S(=O)(=O)Nc3ccc(C)cc3C)cc2)cc1OC. The number of sulfonamides is 1. The summed E-state index contributed by atoms with van der Waals surface area (Å²) in [5.41, 5.74) is 2.94. The van der Waals surface area contributed by atoms with Crippen molar-refractivity contribution in [2.24, 2.45) is 0 Å². The molecule has 1 atom stereocenters. The second kappa shape index (κ2) is 10.8. The molecule has 0 aliphatic heterocycles. The van der Waals surface area contributed by atoms with E-state index in [4.69, 9.17) is 9.47 Å². The lowest BCUT2D eigenvalue weighted by Gasteiger charge is -2.14. The molecule has 0 saturated heterocycles. The molecule has 3 rings (SSSR count). The van der Waals surface area contributed by atoms with E-state index in [1.54, 1.807) is 45.4 Å². The minimum atomic E-state index is -3.75. The number of ether oxygens (including phenoxy) is 2. The fraction of sp³-hybridized carbons (Fsp3) is 0.240. The zero-order valence-electron chi connectivity index (χ0n) is 19.7. The Bertz CT molecular complexity index is 1270. The van der Waals surface area contributed by atoms with Crippen LogP contribution in [0, 0.1) is 13.8 Å². The van der Waals surface area contributed by atoms with Crippen LogP contribution in [0.15, 0.2) is 70.5 Å². The van der Waals surface area contributed by atoms with Gasteiger partial charge in [-0.3, -0.25) is 9.52 Å². The summed E-state index contributed by atoms with van der Waals surface area (Å²) < 4.78 is 38.7. The maximum Gasteiger partial charge on any atom is 0.261 e. The summed E-state index contributed by atoms with van der Waals surface area (Å²) in [7, 11) is -0.627. The molecule has 0 saturated carbocycles. The van der Waals surface area contributed by atoms with E-state index < -0.39 is 15.3 Å². The van der Waals surface area contributed by atoms with Crippen LogP contribution >= 0.6 is 11.8 Å². The van der Waals surface area contributed by atoms with Gasteiger partial charge < -0.3 is 14.8 Å². The molecule has 3 aromatic rings. The molecule has 0 radical (unpaired) electrons. The Morgan fingerprint density at radius 2 is 1.59 bits per heavy atom. The first-order chi connectivity index (χ1) is 16.1. The van der Waals surface area contributed by atoms with Gasteiger partial charge >= 0.3 is 0 Å². The predicted molar refractivity (Wildman–Crippen MR) is 137 cm³/mol. The average molecular weight is 501 g/mol. The third-order valence-electron chi connectivity index (χ3n) is 5.10. The Labute approximate surface area is 204 Å². The predicted octanol–water partition coefficient (Wildman–Crippen LogP) is 5.24. The van der Waals surface area contributed by atoms with Gasteiger partial charge in [-0.2, -0.15) is 0 Å². The maximum absolute atomic E-state index is 12.8. The zero-order valence-corrected chi connectivity index (χ0v) is 21.3. The Hall–Kier alpha value is -3.17. The van der Waals surface area contributed by atoms with Crippen molar-refractivity contribution in [1.29, 1.82) is 0 Å². The molecule has 0 unspecified atom stereocenters. The van der Waals surface area contributed by atoms with Crippen LogP contribution in [0.5, 0.6) is 11.5 Å². The molecule has 0 spiro atoms. The highest BCUT2D eigenvalue weighted by Crippen LogP contribution is 2.33. The Kier molecular flexibility index (Phi) is 8.11. The molecule has 0 bridgehead atoms. The molecular weight excluding hydrogens is 472 g/mol. The number of thioether (sulfide) groups is 1. The van der Waals surface area contributed by atoms with Gasteiger partial charge in [0.2, 0.25) is 5.91 Å². The average Bonchev–Trinajstić information content (AvgIpc) is 2.81. The van der Waals surface area contributed by atoms with Crippen molar-refractivity contribution < 1.29 is 22.7 Å². The lowest BCUT2D eigenvalue weighted by Crippen LogP contribution is -2.22. The van der Waals surface area contributed by atoms with Gasteiger partial charge in [0, 0.05) is 10.6 Å². The normalized spacial score (nSPS) is 12.0. The summed E-state index contributed by atoms with van der Waals surface area (Å²) >= 11 is 1.38. The number of amides is 1. The van der Waals surface area contributed by atoms with Gasteiger partial charge in [0.25, 0.3) is 10.0 Å². The van der Waals surface area contributed by atoms with Gasteiger partial charge in [-0.05, 0) is 74.9 Å². The van der Waals surface area contributed by atoms with Crippen LogP contribution in [0.25, 0.3) is 0 Å². The van der Waals surface area contributed by atoms with Gasteiger partial charge in [0.1, 0.15) is 0 Å². The van der Waals surface area contributed by atoms with Crippen LogP contribution < -0.4 is 19.5 Å². The lowest BCUT2D eigenvalue weighted by atomic mass is 10.1. The smallest absolute Gasteiger partial charge is 0.261 e. The summed E-state index contributed by atoms with van der Waals surface area (Å²) in [5, 5.41) is 2.43. The molecule has 0 fully saturated rings. The minimum Gasteiger partial charge on any atom is -0.493 e. The second-order valence-electron chi connectivity index (χ2n) is 7.71. The Balaban J connectivity index is 1.65. The zero-order chi connectivity index (χ0) is 24.9. The molecule has 1 amide bonds. The number of hydrogen-bond donors (Lipinski definition) is 2. The highest BCUT2D eigenvalue weighted by Gasteiger charge is 2.18. The van der Waals surface area contributed by atoms with Gasteiger partial charge in [0.15, 0.2) is 11.5 Å². The van der Waals surface area contributed by atoms with Gasteiger partial charge in [-0.25, -0.2) is 8.42 Å². The van der Waals surface area contributed by atoms with E-state index in [1.165, 1.54) is 23.9 Å². The number of methoxy groups -OCH3 is 2. The monoisotopic (exact) mass is 500 g/mol. The van der Waals surface area contributed by atoms with Crippen LogP contribution in [0.4, 0.5) is 11.4 Å². The topological polar surface area (TPSA) is 93.7 Å². The molecule has 9 heteroatoms. The first kappa shape index (κ1) is 25.5. The van der Waals surface area contributed by atoms with E-state index in [0.717, 1.165) is 16.0 Å². The van der Waals surface area contributed by atoms with Crippen LogP contribution in [0.2, 0.25) is 0 Å². The van der Waals surface area contributed by atoms with Crippen molar-refractivity contribution in [1.82, 2.24) is 0 Å². The number of carbonyl (C=O) groups excluding carboxylic acids is 1. The summed E-state index contributed by atoms with van der Waals surface area (Å²) in [6.07, 6.45) is 0. The first-order valence-electron chi connectivity index (χ1n) is 10.5. The van der Waals surface area contributed by atoms with Crippen molar-refractivity contribution in [2.45, 2.75) is 35.8 Å². The Morgan fingerprint density at radius 1 is 0.912 bits per heavy atom. The molecule has 180 valence electrons. The molecule has 7 nitrogen and oxygen atoms in total. The van der Waals surface area contributed by atoms with Gasteiger partial charge in [-0.1, -0.05) is 17.7 Å². The molecule has 0 aromatic heterocycles. The molecular formula is C25H28N2O5S2. The fourth-order valence-corrected chi connectivity index (χ4v) is 5.27. The van der Waals surface area contributed by atoms with E-state index in [0.29, 0.717) is 22.9 Å². The highest BCUT2D eigenvalue weighted by atomic mass is 32.2. The number of nitrogens with one attached hydrogen (secondary N) is 2. The number of carbonyl (C=O) groups is 1.